The maximum Gasteiger partial charge on any atom is 0.421 e. The molecule has 0 aromatic heterocycles. The summed E-state index contributed by atoms with van der Waals surface area (Å²) in [5.74, 6) is -7.00. The van der Waals surface area contributed by atoms with Crippen LogP contribution in [0, 0.1) is 42.2 Å². The topological polar surface area (TPSA) is 329 Å². The number of nitro benzene ring substituents is 3. The second-order valence-corrected chi connectivity index (χ2v) is 20.8. The van der Waals surface area contributed by atoms with E-state index in [1.54, 1.807) is 11.9 Å². The van der Waals surface area contributed by atoms with E-state index in [4.69, 9.17) is 18.6 Å². The van der Waals surface area contributed by atoms with Gasteiger partial charge in [0.05, 0.1) is 56.1 Å². The first-order valence-corrected chi connectivity index (χ1v) is 24.2. The van der Waals surface area contributed by atoms with Crippen LogP contribution < -0.4 is 10.6 Å². The molecule has 5 rings (SSSR count). The van der Waals surface area contributed by atoms with Crippen LogP contribution in [0.25, 0.3) is 0 Å². The van der Waals surface area contributed by atoms with E-state index >= 15 is 0 Å². The third kappa shape index (κ3) is 12.3. The van der Waals surface area contributed by atoms with Crippen LogP contribution >= 0.6 is 0 Å². The number of esters is 4. The average molecular weight is 989 g/mol. The lowest BCUT2D eigenvalue weighted by Gasteiger charge is -2.49. The third-order valence-electron chi connectivity index (χ3n) is 12.0. The number of hydrogen-bond donors (Lipinski definition) is 2. The summed E-state index contributed by atoms with van der Waals surface area (Å²) in [6.07, 6.45) is -3.50. The number of guanidine groups is 1. The van der Waals surface area contributed by atoms with Gasteiger partial charge in [-0.2, -0.15) is 0 Å². The zero-order valence-electron chi connectivity index (χ0n) is 38.6. The third-order valence-corrected chi connectivity index (χ3v) is 16.7. The molecule has 3 aromatic carbocycles. The molecule has 2 heterocycles. The monoisotopic (exact) mass is 988 g/mol. The molecule has 0 bridgehead atoms. The number of carbonyl (C=O) groups excluding carboxylic acids is 7. The Bertz CT molecular complexity index is 2540. The van der Waals surface area contributed by atoms with Gasteiger partial charge < -0.3 is 28.4 Å². The first kappa shape index (κ1) is 52.9. The van der Waals surface area contributed by atoms with Crippen LogP contribution in [0.3, 0.4) is 0 Å². The van der Waals surface area contributed by atoms with Crippen molar-refractivity contribution < 1.29 is 67.0 Å². The molecule has 4 atom stereocenters. The van der Waals surface area contributed by atoms with Gasteiger partial charge in [-0.05, 0) is 74.1 Å². The molecule has 0 saturated carbocycles. The number of benzene rings is 3. The number of rotatable bonds is 18. The summed E-state index contributed by atoms with van der Waals surface area (Å²) in [6, 6.07) is 14.4. The Kier molecular flexibility index (Phi) is 17.2. The van der Waals surface area contributed by atoms with Gasteiger partial charge in [0, 0.05) is 55.4 Å². The molecule has 1 saturated heterocycles. The van der Waals surface area contributed by atoms with E-state index in [1.165, 1.54) is 4.90 Å². The fourth-order valence-corrected chi connectivity index (χ4v) is 10.9. The highest BCUT2D eigenvalue weighted by atomic mass is 28.4. The van der Waals surface area contributed by atoms with Crippen molar-refractivity contribution in [3.63, 3.8) is 0 Å². The summed E-state index contributed by atoms with van der Waals surface area (Å²) in [6.45, 7) is 9.49. The maximum atomic E-state index is 14.0. The molecule has 0 radical (unpaired) electrons. The maximum absolute atomic E-state index is 14.0. The molecule has 0 unspecified atom stereocenters. The van der Waals surface area contributed by atoms with Crippen LogP contribution in [0.5, 0.6) is 0 Å². The number of β-lactam (4-membered cyclic amide) rings is 1. The summed E-state index contributed by atoms with van der Waals surface area (Å²) in [4.78, 5) is 131. The quantitative estimate of drug-likeness (QED) is 0.0179. The number of nitro groups is 3. The lowest BCUT2D eigenvalue weighted by Crippen LogP contribution is -2.65. The number of ether oxygens (including phenoxy) is 3. The molecule has 2 aliphatic heterocycles. The van der Waals surface area contributed by atoms with Crippen molar-refractivity contribution in [3.8, 4) is 0 Å². The smallest absolute Gasteiger partial charge is 0.413 e. The van der Waals surface area contributed by atoms with Gasteiger partial charge in [0.1, 0.15) is 5.70 Å². The number of likely N-dealkylation sites (N-methyl/N-ethyl adjacent to an activating group) is 1. The summed E-state index contributed by atoms with van der Waals surface area (Å²) >= 11 is 0. The van der Waals surface area contributed by atoms with Gasteiger partial charge in [-0.3, -0.25) is 50.8 Å². The largest absolute Gasteiger partial charge is 0.421 e. The van der Waals surface area contributed by atoms with Crippen molar-refractivity contribution in [1.82, 2.24) is 20.4 Å². The molecule has 1 fully saturated rings. The number of fused-ring (bicyclic) bond motifs is 1. The van der Waals surface area contributed by atoms with Gasteiger partial charge in [-0.15, -0.1) is 0 Å². The fraction of sp³-hybridized carbons (Fsp3) is 0.364. The Morgan fingerprint density at radius 3 is 1.49 bits per heavy atom. The predicted molar refractivity (Wildman–Crippen MR) is 245 cm³/mol. The molecule has 2 N–H and O–H groups in total. The number of non-ortho nitro benzene ring substituents is 3. The van der Waals surface area contributed by atoms with Crippen LogP contribution in [-0.4, -0.2) is 120 Å². The number of nitrogens with one attached hydrogen (secondary N) is 2. The van der Waals surface area contributed by atoms with Gasteiger partial charge in [-0.25, -0.2) is 28.8 Å². The molecule has 25 nitrogen and oxygen atoms in total. The molecule has 0 spiro atoms. The number of alkyl carbamates (subject to hydrolysis) is 2. The summed E-state index contributed by atoms with van der Waals surface area (Å²) < 4.78 is 21.5. The summed E-state index contributed by atoms with van der Waals surface area (Å²) in [5.41, 5.74) is -1.43. The highest BCUT2D eigenvalue weighted by molar-refractivity contribution is 6.73. The SMILES string of the molecule is CC[Si](CC)(CC)O[C@H](C)[C@H]1C(=O)N2C(C(=O)OC(=O)c3ccc([N+](=O)[O-])cc3)=C(CN(C)CCN=C(NC(=O)OC(=O)c3ccc([N+](=O)[O-])cc3)NC(=O)OC(=O)c3ccc([N+](=O)[O-])cc3)[C@H](C)[C@H]12. The van der Waals surface area contributed by atoms with Crippen molar-refractivity contribution in [2.24, 2.45) is 16.8 Å². The molecule has 26 heteroatoms. The fourth-order valence-electron chi connectivity index (χ4n) is 7.99. The van der Waals surface area contributed by atoms with Gasteiger partial charge >= 0.3 is 36.1 Å². The minimum absolute atomic E-state index is 0.0140. The van der Waals surface area contributed by atoms with E-state index in [0.29, 0.717) is 5.57 Å². The molecule has 0 aliphatic carbocycles. The molecular formula is C44H48N8O17Si. The second kappa shape index (κ2) is 22.8. The number of hydrogen-bond acceptors (Lipinski definition) is 19. The molecule has 370 valence electrons. The van der Waals surface area contributed by atoms with Crippen molar-refractivity contribution in [2.45, 2.75) is 64.9 Å². The second-order valence-electron chi connectivity index (χ2n) is 16.1. The number of nitrogens with zero attached hydrogens (tertiary/aromatic N) is 6. The Labute approximate surface area is 399 Å². The van der Waals surface area contributed by atoms with E-state index < -0.39 is 95.0 Å². The molecular weight excluding hydrogens is 941 g/mol. The lowest BCUT2D eigenvalue weighted by molar-refractivity contribution is -0.385. The zero-order valence-corrected chi connectivity index (χ0v) is 39.6. The van der Waals surface area contributed by atoms with Gasteiger partial charge in [-0.1, -0.05) is 27.7 Å². The Balaban J connectivity index is 1.36. The van der Waals surface area contributed by atoms with E-state index in [9.17, 15) is 63.9 Å². The van der Waals surface area contributed by atoms with Crippen LogP contribution in [0.2, 0.25) is 18.1 Å². The van der Waals surface area contributed by atoms with Gasteiger partial charge in [0.15, 0.2) is 8.32 Å². The highest BCUT2D eigenvalue weighted by Gasteiger charge is 2.61. The van der Waals surface area contributed by atoms with Crippen molar-refractivity contribution in [1.29, 1.82) is 0 Å². The molecule has 70 heavy (non-hydrogen) atoms. The number of aliphatic imine (C=N–C) groups is 1. The number of carbonyl (C=O) groups is 7. The minimum Gasteiger partial charge on any atom is -0.413 e. The highest BCUT2D eigenvalue weighted by Crippen LogP contribution is 2.48. The van der Waals surface area contributed by atoms with E-state index in [1.807, 2.05) is 13.8 Å². The molecule has 3 aromatic rings. The van der Waals surface area contributed by atoms with Crippen LogP contribution in [0.15, 0.2) is 89.1 Å². The first-order chi connectivity index (χ1) is 33.1. The van der Waals surface area contributed by atoms with E-state index in [2.05, 4.69) is 36.4 Å². The Hall–Kier alpha value is -8.10. The molecule has 2 aliphatic rings. The van der Waals surface area contributed by atoms with Crippen molar-refractivity contribution >= 4 is 73.3 Å². The van der Waals surface area contributed by atoms with Crippen molar-refractivity contribution in [3.05, 3.63) is 131 Å². The standard InChI is InChI=1S/C44H48N8O17Si/c1-7-70(8-2,9-3)69-26(5)34-35-25(4)33(36(49(35)37(34)53)41(57)66-38(54)27-10-16-30(17-11-27)50(60)61)24-48(6)23-22-45-42(46-43(58)67-39(55)28-12-18-31(19-13-28)51(62)63)47-44(59)68-40(56)29-14-20-32(21-15-29)52(64)65/h10-21,25-26,34-35H,7-9,22-24H2,1-6H3,(H2,45,46,47,58,59)/t25-,26+,34+,35+/m0/s1. The Morgan fingerprint density at radius 2 is 1.10 bits per heavy atom. The number of amides is 3. The summed E-state index contributed by atoms with van der Waals surface area (Å²) in [5, 5.41) is 37.3. The van der Waals surface area contributed by atoms with Crippen LogP contribution in [0.4, 0.5) is 26.7 Å². The first-order valence-electron chi connectivity index (χ1n) is 21.7. The van der Waals surface area contributed by atoms with E-state index in [-0.39, 0.29) is 59.1 Å². The van der Waals surface area contributed by atoms with Crippen LogP contribution in [-0.2, 0) is 28.2 Å². The van der Waals surface area contributed by atoms with Gasteiger partial charge in [0.2, 0.25) is 11.9 Å². The normalized spacial score (nSPS) is 16.5. The molecule has 3 amide bonds. The summed E-state index contributed by atoms with van der Waals surface area (Å²) in [7, 11) is -0.593. The van der Waals surface area contributed by atoms with Crippen LogP contribution in [0.1, 0.15) is 65.7 Å². The minimum atomic E-state index is -2.20. The lowest BCUT2D eigenvalue weighted by atomic mass is 9.77. The average Bonchev–Trinajstić information content (AvgIpc) is 3.56. The van der Waals surface area contributed by atoms with Crippen molar-refractivity contribution in [2.75, 3.05) is 26.7 Å². The van der Waals surface area contributed by atoms with Gasteiger partial charge in [0.25, 0.3) is 17.1 Å². The Morgan fingerprint density at radius 1 is 0.700 bits per heavy atom. The predicted octanol–water partition coefficient (Wildman–Crippen LogP) is 5.66. The van der Waals surface area contributed by atoms with E-state index in [0.717, 1.165) is 90.9 Å². The zero-order chi connectivity index (χ0) is 51.6.